The van der Waals surface area contributed by atoms with Crippen molar-refractivity contribution in [2.75, 3.05) is 17.7 Å². The van der Waals surface area contributed by atoms with E-state index in [-0.39, 0.29) is 5.69 Å². The first kappa shape index (κ1) is 14.0. The van der Waals surface area contributed by atoms with Gasteiger partial charge in [0.15, 0.2) is 11.6 Å². The first-order chi connectivity index (χ1) is 9.52. The summed E-state index contributed by atoms with van der Waals surface area (Å²) in [4.78, 5) is 12.2. The van der Waals surface area contributed by atoms with Crippen molar-refractivity contribution in [1.82, 2.24) is 0 Å². The normalized spacial score (nSPS) is 10.2. The highest BCUT2D eigenvalue weighted by atomic mass is 19.2. The van der Waals surface area contributed by atoms with Gasteiger partial charge in [0.05, 0.1) is 11.3 Å². The first-order valence-corrected chi connectivity index (χ1v) is 6.06. The fraction of sp³-hybridized carbons (Fsp3) is 0.133. The Morgan fingerprint density at radius 3 is 2.55 bits per heavy atom. The SMILES string of the molecule is CNc1ccc(C)cc1C(=O)Nc1cccc(F)c1F. The fourth-order valence-corrected chi connectivity index (χ4v) is 1.85. The minimum absolute atomic E-state index is 0.182. The predicted molar refractivity (Wildman–Crippen MR) is 75.0 cm³/mol. The zero-order valence-corrected chi connectivity index (χ0v) is 11.1. The molecule has 0 radical (unpaired) electrons. The van der Waals surface area contributed by atoms with Gasteiger partial charge >= 0.3 is 0 Å². The van der Waals surface area contributed by atoms with Gasteiger partial charge in [-0.2, -0.15) is 0 Å². The number of aryl methyl sites for hydroxylation is 1. The summed E-state index contributed by atoms with van der Waals surface area (Å²) in [5.41, 5.74) is 1.70. The summed E-state index contributed by atoms with van der Waals surface area (Å²) >= 11 is 0. The quantitative estimate of drug-likeness (QED) is 0.899. The molecule has 104 valence electrons. The molecule has 2 N–H and O–H groups in total. The summed E-state index contributed by atoms with van der Waals surface area (Å²) in [7, 11) is 1.68. The Bertz CT molecular complexity index is 656. The standard InChI is InChI=1S/C15H14F2N2O/c1-9-6-7-12(18-2)10(8-9)15(20)19-13-5-3-4-11(16)14(13)17/h3-8,18H,1-2H3,(H,19,20). The van der Waals surface area contributed by atoms with Crippen LogP contribution >= 0.6 is 0 Å². The van der Waals surface area contributed by atoms with E-state index in [0.717, 1.165) is 11.6 Å². The van der Waals surface area contributed by atoms with E-state index in [9.17, 15) is 13.6 Å². The highest BCUT2D eigenvalue weighted by Crippen LogP contribution is 2.21. The number of carbonyl (C=O) groups excluding carboxylic acids is 1. The molecule has 0 atom stereocenters. The molecule has 0 unspecified atom stereocenters. The smallest absolute Gasteiger partial charge is 0.257 e. The summed E-state index contributed by atoms with van der Waals surface area (Å²) < 4.78 is 26.6. The molecule has 0 fully saturated rings. The van der Waals surface area contributed by atoms with Crippen LogP contribution in [0, 0.1) is 18.6 Å². The Morgan fingerprint density at radius 2 is 1.85 bits per heavy atom. The van der Waals surface area contributed by atoms with E-state index < -0.39 is 17.5 Å². The van der Waals surface area contributed by atoms with E-state index in [1.54, 1.807) is 19.2 Å². The van der Waals surface area contributed by atoms with Gasteiger partial charge in [-0.1, -0.05) is 17.7 Å². The number of rotatable bonds is 3. The van der Waals surface area contributed by atoms with Crippen LogP contribution in [0.15, 0.2) is 36.4 Å². The number of benzene rings is 2. The van der Waals surface area contributed by atoms with Crippen molar-refractivity contribution in [3.63, 3.8) is 0 Å². The first-order valence-electron chi connectivity index (χ1n) is 6.06. The van der Waals surface area contributed by atoms with Gasteiger partial charge in [-0.05, 0) is 31.2 Å². The average molecular weight is 276 g/mol. The molecule has 0 aliphatic heterocycles. The average Bonchev–Trinajstić information content (AvgIpc) is 2.43. The third kappa shape index (κ3) is 2.77. The molecule has 0 aliphatic rings. The van der Waals surface area contributed by atoms with Crippen molar-refractivity contribution >= 4 is 17.3 Å². The van der Waals surface area contributed by atoms with Crippen LogP contribution in [0.5, 0.6) is 0 Å². The summed E-state index contributed by atoms with van der Waals surface area (Å²) in [6, 6.07) is 8.93. The molecule has 3 nitrogen and oxygen atoms in total. The van der Waals surface area contributed by atoms with Gasteiger partial charge in [0, 0.05) is 12.7 Å². The van der Waals surface area contributed by atoms with Crippen LogP contribution in [0.1, 0.15) is 15.9 Å². The second-order valence-corrected chi connectivity index (χ2v) is 4.35. The Hall–Kier alpha value is -2.43. The van der Waals surface area contributed by atoms with Gasteiger partial charge in [0.1, 0.15) is 0 Å². The van der Waals surface area contributed by atoms with Crippen molar-refractivity contribution in [1.29, 1.82) is 0 Å². The molecule has 0 aromatic heterocycles. The Morgan fingerprint density at radius 1 is 1.10 bits per heavy atom. The maximum Gasteiger partial charge on any atom is 0.257 e. The maximum atomic E-state index is 13.5. The maximum absolute atomic E-state index is 13.5. The Balaban J connectivity index is 2.33. The van der Waals surface area contributed by atoms with Crippen LogP contribution in [0.3, 0.4) is 0 Å². The van der Waals surface area contributed by atoms with Crippen LogP contribution in [0.2, 0.25) is 0 Å². The molecule has 5 heteroatoms. The monoisotopic (exact) mass is 276 g/mol. The van der Waals surface area contributed by atoms with Crippen molar-refractivity contribution in [2.45, 2.75) is 6.92 Å². The molecule has 2 aromatic carbocycles. The Kier molecular flexibility index (Phi) is 3.98. The van der Waals surface area contributed by atoms with Gasteiger partial charge in [-0.3, -0.25) is 4.79 Å². The lowest BCUT2D eigenvalue weighted by Gasteiger charge is -2.11. The molecule has 2 rings (SSSR count). The number of carbonyl (C=O) groups is 1. The zero-order valence-electron chi connectivity index (χ0n) is 11.1. The zero-order chi connectivity index (χ0) is 14.7. The van der Waals surface area contributed by atoms with Crippen molar-refractivity contribution < 1.29 is 13.6 Å². The van der Waals surface area contributed by atoms with Crippen molar-refractivity contribution in [3.05, 3.63) is 59.2 Å². The van der Waals surface area contributed by atoms with Crippen molar-refractivity contribution in [2.24, 2.45) is 0 Å². The van der Waals surface area contributed by atoms with E-state index in [1.807, 2.05) is 13.0 Å². The highest BCUT2D eigenvalue weighted by Gasteiger charge is 2.14. The number of anilines is 2. The summed E-state index contributed by atoms with van der Waals surface area (Å²) in [5, 5.41) is 5.26. The van der Waals surface area contributed by atoms with E-state index in [1.165, 1.54) is 12.1 Å². The minimum atomic E-state index is -1.07. The molecule has 20 heavy (non-hydrogen) atoms. The molecule has 0 bridgehead atoms. The van der Waals surface area contributed by atoms with Gasteiger partial charge in [0.25, 0.3) is 5.91 Å². The van der Waals surface area contributed by atoms with Gasteiger partial charge in [-0.15, -0.1) is 0 Å². The number of amides is 1. The van der Waals surface area contributed by atoms with Gasteiger partial charge in [0.2, 0.25) is 0 Å². The fourth-order valence-electron chi connectivity index (χ4n) is 1.85. The number of hydrogen-bond acceptors (Lipinski definition) is 2. The molecule has 0 heterocycles. The lowest BCUT2D eigenvalue weighted by molar-refractivity contribution is 0.102. The van der Waals surface area contributed by atoms with Crippen molar-refractivity contribution in [3.8, 4) is 0 Å². The van der Waals surface area contributed by atoms with Crippen LogP contribution in [0.4, 0.5) is 20.2 Å². The summed E-state index contributed by atoms with van der Waals surface area (Å²) in [5.74, 6) is -2.57. The molecule has 1 amide bonds. The van der Waals surface area contributed by atoms with E-state index in [2.05, 4.69) is 10.6 Å². The van der Waals surface area contributed by atoms with E-state index in [4.69, 9.17) is 0 Å². The molecular weight excluding hydrogens is 262 g/mol. The van der Waals surface area contributed by atoms with Crippen LogP contribution in [-0.2, 0) is 0 Å². The summed E-state index contributed by atoms with van der Waals surface area (Å²) in [6.45, 7) is 1.85. The topological polar surface area (TPSA) is 41.1 Å². The van der Waals surface area contributed by atoms with Crippen LogP contribution < -0.4 is 10.6 Å². The number of halogens is 2. The van der Waals surface area contributed by atoms with E-state index >= 15 is 0 Å². The molecule has 2 aromatic rings. The molecular formula is C15H14F2N2O. The molecule has 0 saturated heterocycles. The Labute approximate surface area is 115 Å². The third-order valence-corrected chi connectivity index (χ3v) is 2.89. The minimum Gasteiger partial charge on any atom is -0.387 e. The van der Waals surface area contributed by atoms with Gasteiger partial charge in [-0.25, -0.2) is 8.78 Å². The third-order valence-electron chi connectivity index (χ3n) is 2.89. The van der Waals surface area contributed by atoms with Crippen LogP contribution in [0.25, 0.3) is 0 Å². The second kappa shape index (κ2) is 5.69. The summed E-state index contributed by atoms with van der Waals surface area (Å²) in [6.07, 6.45) is 0. The highest BCUT2D eigenvalue weighted by molar-refractivity contribution is 6.08. The van der Waals surface area contributed by atoms with E-state index in [0.29, 0.717) is 11.3 Å². The number of hydrogen-bond donors (Lipinski definition) is 2. The largest absolute Gasteiger partial charge is 0.387 e. The molecule has 0 saturated carbocycles. The number of nitrogens with one attached hydrogen (secondary N) is 2. The lowest BCUT2D eigenvalue weighted by Crippen LogP contribution is -2.15. The second-order valence-electron chi connectivity index (χ2n) is 4.35. The predicted octanol–water partition coefficient (Wildman–Crippen LogP) is 3.57. The van der Waals surface area contributed by atoms with Crippen LogP contribution in [-0.4, -0.2) is 13.0 Å². The molecule has 0 spiro atoms. The lowest BCUT2D eigenvalue weighted by atomic mass is 10.1. The van der Waals surface area contributed by atoms with Gasteiger partial charge < -0.3 is 10.6 Å². The molecule has 0 aliphatic carbocycles.